The van der Waals surface area contributed by atoms with Crippen LogP contribution in [0.1, 0.15) is 38.8 Å². The Morgan fingerprint density at radius 1 is 1.40 bits per heavy atom. The molecule has 1 saturated carbocycles. The van der Waals surface area contributed by atoms with Crippen molar-refractivity contribution in [2.24, 2.45) is 11.8 Å². The molecule has 0 aliphatic heterocycles. The van der Waals surface area contributed by atoms with Gasteiger partial charge in [0.05, 0.1) is 19.4 Å². The summed E-state index contributed by atoms with van der Waals surface area (Å²) in [5.74, 6) is -3.23. The first kappa shape index (κ1) is 19.8. The highest BCUT2D eigenvalue weighted by atomic mass is 19.1. The molecule has 25 heavy (non-hydrogen) atoms. The molecule has 1 aromatic rings. The predicted molar refractivity (Wildman–Crippen MR) is 86.6 cm³/mol. The molecular weight excluding hydrogens is 335 g/mol. The van der Waals surface area contributed by atoms with Crippen LogP contribution in [-0.2, 0) is 4.74 Å². The highest BCUT2D eigenvalue weighted by Gasteiger charge is 2.41. The van der Waals surface area contributed by atoms with Crippen LogP contribution in [0.4, 0.5) is 4.39 Å². The van der Waals surface area contributed by atoms with Crippen LogP contribution >= 0.6 is 0 Å². The zero-order chi connectivity index (χ0) is 18.6. The normalized spacial score (nSPS) is 21.6. The van der Waals surface area contributed by atoms with Crippen molar-refractivity contribution in [3.05, 3.63) is 33.1 Å². The molecule has 8 nitrogen and oxygen atoms in total. The Balaban J connectivity index is 2.28. The van der Waals surface area contributed by atoms with Crippen molar-refractivity contribution in [2.45, 2.75) is 50.7 Å². The third kappa shape index (κ3) is 4.55. The van der Waals surface area contributed by atoms with Crippen molar-refractivity contribution in [1.82, 2.24) is 9.55 Å². The zero-order valence-corrected chi connectivity index (χ0v) is 14.1. The summed E-state index contributed by atoms with van der Waals surface area (Å²) < 4.78 is 20.0. The monoisotopic (exact) mass is 360 g/mol. The maximum Gasteiger partial charge on any atom is 0.330 e. The molecule has 0 amide bonds. The lowest BCUT2D eigenvalue weighted by atomic mass is 9.91. The Bertz CT molecular complexity index is 665. The van der Waals surface area contributed by atoms with Crippen LogP contribution in [0.25, 0.3) is 0 Å². The van der Waals surface area contributed by atoms with Gasteiger partial charge in [0.2, 0.25) is 0 Å². The first-order valence-corrected chi connectivity index (χ1v) is 8.38. The van der Waals surface area contributed by atoms with Gasteiger partial charge in [-0.2, -0.15) is 0 Å². The molecule has 1 heterocycles. The zero-order valence-electron chi connectivity index (χ0n) is 14.1. The van der Waals surface area contributed by atoms with Crippen molar-refractivity contribution < 1.29 is 24.4 Å². The fourth-order valence-electron chi connectivity index (χ4n) is 3.23. The number of nitrogens with one attached hydrogen (secondary N) is 1. The molecule has 0 aromatic carbocycles. The van der Waals surface area contributed by atoms with Crippen LogP contribution in [-0.4, -0.2) is 50.0 Å². The average molecular weight is 360 g/mol. The quantitative estimate of drug-likeness (QED) is 0.480. The smallest absolute Gasteiger partial charge is 0.330 e. The molecule has 1 fully saturated rings. The first-order chi connectivity index (χ1) is 11.8. The second kappa shape index (κ2) is 8.22. The summed E-state index contributed by atoms with van der Waals surface area (Å²) in [5.41, 5.74) is -1.42. The Kier molecular flexibility index (Phi) is 6.50. The van der Waals surface area contributed by atoms with E-state index in [-0.39, 0.29) is 0 Å². The third-order valence-electron chi connectivity index (χ3n) is 4.76. The molecule has 2 rings (SSSR count). The number of alkyl halides is 1. The maximum atomic E-state index is 13.3. The third-order valence-corrected chi connectivity index (χ3v) is 4.76. The number of aromatic amines is 1. The van der Waals surface area contributed by atoms with E-state index in [0.717, 1.165) is 29.7 Å². The van der Waals surface area contributed by atoms with Crippen molar-refractivity contribution >= 4 is 0 Å². The van der Waals surface area contributed by atoms with Crippen LogP contribution in [0, 0.1) is 11.8 Å². The largest absolute Gasteiger partial charge is 0.396 e. The van der Waals surface area contributed by atoms with Gasteiger partial charge >= 0.3 is 5.69 Å². The highest BCUT2D eigenvalue weighted by Crippen LogP contribution is 2.36. The molecule has 0 spiro atoms. The van der Waals surface area contributed by atoms with Crippen LogP contribution < -0.4 is 11.2 Å². The van der Waals surface area contributed by atoms with Gasteiger partial charge < -0.3 is 20.1 Å². The van der Waals surface area contributed by atoms with Gasteiger partial charge in [-0.25, -0.2) is 4.79 Å². The lowest BCUT2D eigenvalue weighted by Crippen LogP contribution is -2.46. The van der Waals surface area contributed by atoms with E-state index in [0.29, 0.717) is 12.8 Å². The van der Waals surface area contributed by atoms with Gasteiger partial charge in [-0.3, -0.25) is 18.7 Å². The number of H-pyrrole nitrogens is 1. The number of nitrogens with zero attached hydrogens (tertiary/aromatic N) is 1. The molecule has 0 radical (unpaired) electrons. The van der Waals surface area contributed by atoms with Crippen LogP contribution in [0.2, 0.25) is 0 Å². The molecule has 1 aliphatic carbocycles. The fourth-order valence-corrected chi connectivity index (χ4v) is 3.23. The van der Waals surface area contributed by atoms with Crippen molar-refractivity contribution in [2.75, 3.05) is 13.3 Å². The number of aliphatic hydroxyl groups is 3. The minimum atomic E-state index is -1.43. The number of aliphatic hydroxyl groups excluding tert-OH is 2. The summed E-state index contributed by atoms with van der Waals surface area (Å²) >= 11 is 0. The molecule has 0 unspecified atom stereocenters. The molecule has 4 N–H and O–H groups in total. The van der Waals surface area contributed by atoms with E-state index in [1.165, 1.54) is 6.92 Å². The van der Waals surface area contributed by atoms with E-state index in [1.807, 2.05) is 4.98 Å². The minimum absolute atomic E-state index is 0.384. The number of hydrogen-bond donors (Lipinski definition) is 4. The van der Waals surface area contributed by atoms with E-state index >= 15 is 0 Å². The molecule has 0 bridgehead atoms. The summed E-state index contributed by atoms with van der Waals surface area (Å²) in [6.07, 6.45) is 0.974. The molecule has 142 valence electrons. The number of hydrogen-bond acceptors (Lipinski definition) is 6. The topological polar surface area (TPSA) is 125 Å². The molecule has 1 aromatic heterocycles. The standard InChI is InChI=1S/C16H25FN2O6/c1-10(14(22)19-7-4-12(21)18-15(19)23)13(11(8-17)9-20)25-16(24)5-2-3-6-16/h4,7,10-11,13-14,20,22,24H,2-3,5-6,8-9H2,1H3,(H,18,21,23)/t10-,11-,13-,14+/m0/s1. The number of aromatic nitrogens is 2. The summed E-state index contributed by atoms with van der Waals surface area (Å²) in [4.78, 5) is 25.0. The lowest BCUT2D eigenvalue weighted by molar-refractivity contribution is -0.257. The van der Waals surface area contributed by atoms with Crippen molar-refractivity contribution in [3.63, 3.8) is 0 Å². The Morgan fingerprint density at radius 2 is 2.04 bits per heavy atom. The van der Waals surface area contributed by atoms with E-state index in [4.69, 9.17) is 4.74 Å². The maximum absolute atomic E-state index is 13.3. The molecule has 9 heteroatoms. The van der Waals surface area contributed by atoms with Gasteiger partial charge in [0, 0.05) is 36.9 Å². The second-order valence-corrected chi connectivity index (χ2v) is 6.62. The van der Waals surface area contributed by atoms with Gasteiger partial charge in [-0.1, -0.05) is 6.92 Å². The van der Waals surface area contributed by atoms with Gasteiger partial charge in [0.15, 0.2) is 5.79 Å². The van der Waals surface area contributed by atoms with Crippen LogP contribution in [0.5, 0.6) is 0 Å². The van der Waals surface area contributed by atoms with E-state index in [9.17, 15) is 29.3 Å². The van der Waals surface area contributed by atoms with E-state index < -0.39 is 54.5 Å². The van der Waals surface area contributed by atoms with Crippen LogP contribution in [0.3, 0.4) is 0 Å². The Hall–Kier alpha value is -1.55. The van der Waals surface area contributed by atoms with Gasteiger partial charge in [0.25, 0.3) is 5.56 Å². The van der Waals surface area contributed by atoms with E-state index in [1.54, 1.807) is 0 Å². The minimum Gasteiger partial charge on any atom is -0.396 e. The van der Waals surface area contributed by atoms with E-state index in [2.05, 4.69) is 0 Å². The van der Waals surface area contributed by atoms with Crippen LogP contribution in [0.15, 0.2) is 21.9 Å². The molecule has 4 atom stereocenters. The summed E-state index contributed by atoms with van der Waals surface area (Å²) in [6, 6.07) is 1.08. The average Bonchev–Trinajstić information content (AvgIpc) is 3.00. The number of halogens is 1. The lowest BCUT2D eigenvalue weighted by Gasteiger charge is -2.37. The summed E-state index contributed by atoms with van der Waals surface area (Å²) in [5, 5.41) is 30.4. The molecular formula is C16H25FN2O6. The summed E-state index contributed by atoms with van der Waals surface area (Å²) in [6.45, 7) is 0.0904. The van der Waals surface area contributed by atoms with Gasteiger partial charge in [-0.05, 0) is 12.8 Å². The number of ether oxygens (including phenoxy) is 1. The number of rotatable bonds is 8. The Morgan fingerprint density at radius 3 is 2.56 bits per heavy atom. The van der Waals surface area contributed by atoms with Crippen molar-refractivity contribution in [1.29, 1.82) is 0 Å². The predicted octanol–water partition coefficient (Wildman–Crippen LogP) is -0.111. The second-order valence-electron chi connectivity index (χ2n) is 6.62. The Labute approximate surface area is 143 Å². The SMILES string of the molecule is C[C@@H]([C@H](OC1(O)CCCC1)[C@H](CO)CF)[C@@H](O)n1ccc(=O)[nH]c1=O. The molecule has 1 aliphatic rings. The van der Waals surface area contributed by atoms with Crippen molar-refractivity contribution in [3.8, 4) is 0 Å². The summed E-state index contributed by atoms with van der Waals surface area (Å²) in [7, 11) is 0. The van der Waals surface area contributed by atoms with Gasteiger partial charge in [-0.15, -0.1) is 0 Å². The van der Waals surface area contributed by atoms with Gasteiger partial charge in [0.1, 0.15) is 6.23 Å². The fraction of sp³-hybridized carbons (Fsp3) is 0.750. The molecule has 0 saturated heterocycles. The highest BCUT2D eigenvalue weighted by molar-refractivity contribution is 4.88. The first-order valence-electron chi connectivity index (χ1n) is 8.38.